The fourth-order valence-corrected chi connectivity index (χ4v) is 4.54. The number of alkyl halides is 3. The van der Waals surface area contributed by atoms with E-state index in [9.17, 15) is 47.2 Å². The minimum Gasteiger partial charge on any atom is -0.273 e. The van der Waals surface area contributed by atoms with Crippen LogP contribution >= 0.6 is 0 Å². The molecule has 2 fully saturated rings. The van der Waals surface area contributed by atoms with E-state index in [1.54, 1.807) is 12.3 Å². The number of hydrazine groups is 1. The zero-order chi connectivity index (χ0) is 29.2. The Hall–Kier alpha value is -5.06. The van der Waals surface area contributed by atoms with Crippen molar-refractivity contribution in [2.24, 2.45) is 0 Å². The van der Waals surface area contributed by atoms with Crippen molar-refractivity contribution in [3.8, 4) is 6.19 Å². The molecule has 2 aliphatic heterocycles. The van der Waals surface area contributed by atoms with Gasteiger partial charge in [-0.05, 0) is 37.1 Å². The Bertz CT molecular complexity index is 1410. The Labute approximate surface area is 224 Å². The first-order chi connectivity index (χ1) is 19.0. The summed E-state index contributed by atoms with van der Waals surface area (Å²) in [5, 5.41) is 9.72. The maximum atomic E-state index is 14.1. The maximum absolute atomic E-state index is 14.1. The largest absolute Gasteiger partial charge is 0.488 e. The molecule has 2 aliphatic rings. The molecule has 0 bridgehead atoms. The van der Waals surface area contributed by atoms with Crippen LogP contribution < -0.4 is 0 Å². The van der Waals surface area contributed by atoms with Crippen LogP contribution in [-0.2, 0) is 19.2 Å². The Morgan fingerprint density at radius 1 is 0.750 bits per heavy atom. The van der Waals surface area contributed by atoms with Crippen molar-refractivity contribution >= 4 is 35.4 Å². The summed E-state index contributed by atoms with van der Waals surface area (Å²) in [5.74, 6) is -7.67. The first kappa shape index (κ1) is 28.0. The minimum atomic E-state index is -5.36. The molecule has 2 aromatic carbocycles. The predicted octanol–water partition coefficient (Wildman–Crippen LogP) is 2.22. The summed E-state index contributed by atoms with van der Waals surface area (Å²) in [6.07, 6.45) is -6.06. The highest BCUT2D eigenvalue weighted by molar-refractivity contribution is 6.11. The number of hydrogen-bond acceptors (Lipinski definition) is 7. The number of imide groups is 2. The number of hydrogen-bond donors (Lipinski definition) is 0. The molecule has 4 rings (SSSR count). The van der Waals surface area contributed by atoms with Gasteiger partial charge in [0.05, 0.1) is 0 Å². The molecule has 11 nitrogen and oxygen atoms in total. The molecule has 206 valence electrons. The fraction of sp³-hybridized carbons (Fsp3) is 0.269. The van der Waals surface area contributed by atoms with Gasteiger partial charge >= 0.3 is 6.30 Å². The smallest absolute Gasteiger partial charge is 0.273 e. The van der Waals surface area contributed by atoms with E-state index in [2.05, 4.69) is 0 Å². The molecule has 2 aromatic rings. The zero-order valence-electron chi connectivity index (χ0n) is 20.6. The van der Waals surface area contributed by atoms with E-state index >= 15 is 0 Å². The number of nitriles is 1. The average molecular weight is 555 g/mol. The van der Waals surface area contributed by atoms with Gasteiger partial charge < -0.3 is 0 Å². The molecular weight excluding hydrogens is 535 g/mol. The first-order valence-electron chi connectivity index (χ1n) is 11.9. The molecule has 6 amide bonds. The van der Waals surface area contributed by atoms with Gasteiger partial charge in [-0.1, -0.05) is 36.4 Å². The molecule has 40 heavy (non-hydrogen) atoms. The molecule has 2 saturated heterocycles. The van der Waals surface area contributed by atoms with E-state index in [1.165, 1.54) is 42.5 Å². The molecule has 0 saturated carbocycles. The van der Waals surface area contributed by atoms with Crippen molar-refractivity contribution in [2.45, 2.75) is 44.1 Å². The highest BCUT2D eigenvalue weighted by atomic mass is 19.4. The van der Waals surface area contributed by atoms with Crippen LogP contribution in [0.15, 0.2) is 60.7 Å². The van der Waals surface area contributed by atoms with E-state index < -0.39 is 78.0 Å². The summed E-state index contributed by atoms with van der Waals surface area (Å²) in [6.45, 7) is 0. The predicted molar refractivity (Wildman–Crippen MR) is 127 cm³/mol. The number of nitrogens with zero attached hydrogens (tertiary/aromatic N) is 5. The van der Waals surface area contributed by atoms with E-state index in [1.807, 2.05) is 0 Å². The molecule has 0 aromatic heterocycles. The first-order valence-corrected chi connectivity index (χ1v) is 11.9. The van der Waals surface area contributed by atoms with E-state index in [0.717, 1.165) is 12.1 Å². The number of rotatable bonds is 5. The molecule has 14 heteroatoms. The van der Waals surface area contributed by atoms with Crippen molar-refractivity contribution in [1.82, 2.24) is 19.8 Å². The summed E-state index contributed by atoms with van der Waals surface area (Å²) in [6, 6.07) is 9.82. The van der Waals surface area contributed by atoms with Gasteiger partial charge in [0.1, 0.15) is 12.1 Å². The monoisotopic (exact) mass is 555 g/mol. The van der Waals surface area contributed by atoms with Gasteiger partial charge in [0, 0.05) is 24.0 Å². The van der Waals surface area contributed by atoms with Gasteiger partial charge in [0.2, 0.25) is 11.8 Å². The van der Waals surface area contributed by atoms with Gasteiger partial charge in [-0.25, -0.2) is 9.80 Å². The Balaban J connectivity index is 1.67. The van der Waals surface area contributed by atoms with Crippen molar-refractivity contribution in [3.63, 3.8) is 0 Å². The summed E-state index contributed by atoms with van der Waals surface area (Å²) in [5.41, 5.74) is -0.351. The maximum Gasteiger partial charge on any atom is 0.488 e. The molecule has 2 unspecified atom stereocenters. The van der Waals surface area contributed by atoms with E-state index in [0.29, 0.717) is 4.90 Å². The second kappa shape index (κ2) is 11.0. The van der Waals surface area contributed by atoms with Crippen molar-refractivity contribution in [3.05, 3.63) is 71.8 Å². The lowest BCUT2D eigenvalue weighted by atomic mass is 10.00. The second-order valence-corrected chi connectivity index (χ2v) is 8.85. The van der Waals surface area contributed by atoms with Crippen LogP contribution in [0.5, 0.6) is 0 Å². The van der Waals surface area contributed by atoms with Crippen LogP contribution in [-0.4, -0.2) is 73.6 Å². The molecule has 2 atom stereocenters. The zero-order valence-corrected chi connectivity index (χ0v) is 20.6. The third-order valence-corrected chi connectivity index (χ3v) is 6.41. The number of carbonyl (C=O) groups is 6. The number of amides is 6. The van der Waals surface area contributed by atoms with Crippen molar-refractivity contribution < 1.29 is 41.9 Å². The van der Waals surface area contributed by atoms with Crippen LogP contribution in [0.25, 0.3) is 0 Å². The summed E-state index contributed by atoms with van der Waals surface area (Å²) < 4.78 is 42.4. The average Bonchev–Trinajstić information content (AvgIpc) is 2.93. The van der Waals surface area contributed by atoms with Gasteiger partial charge in [-0.15, -0.1) is 13.2 Å². The van der Waals surface area contributed by atoms with Gasteiger partial charge in [0.15, 0.2) is 6.19 Å². The van der Waals surface area contributed by atoms with Crippen LogP contribution in [0, 0.1) is 11.5 Å². The molecular formula is C26H20F3N5O6. The summed E-state index contributed by atoms with van der Waals surface area (Å²) in [7, 11) is 0. The van der Waals surface area contributed by atoms with Crippen molar-refractivity contribution in [2.75, 3.05) is 0 Å². The van der Waals surface area contributed by atoms with Gasteiger partial charge in [-0.2, -0.15) is 15.3 Å². The minimum absolute atomic E-state index is 0.00937. The highest BCUT2D eigenvalue weighted by Gasteiger charge is 2.55. The Morgan fingerprint density at radius 2 is 1.18 bits per heavy atom. The summed E-state index contributed by atoms with van der Waals surface area (Å²) in [4.78, 5) is 77.9. The highest BCUT2D eigenvalue weighted by Crippen LogP contribution is 2.33. The quantitative estimate of drug-likeness (QED) is 0.239. The molecule has 0 radical (unpaired) electrons. The van der Waals surface area contributed by atoms with Crippen LogP contribution in [0.4, 0.5) is 13.2 Å². The molecule has 0 spiro atoms. The van der Waals surface area contributed by atoms with Crippen molar-refractivity contribution in [1.29, 1.82) is 5.26 Å². The molecule has 2 heterocycles. The molecule has 0 N–H and O–H groups in total. The molecule has 0 aliphatic carbocycles. The third-order valence-electron chi connectivity index (χ3n) is 6.41. The number of halogens is 3. The van der Waals surface area contributed by atoms with Crippen LogP contribution in [0.1, 0.15) is 46.4 Å². The Morgan fingerprint density at radius 3 is 1.62 bits per heavy atom. The number of carbonyl (C=O) groups excluding carboxylic acids is 6. The number of piperidine rings is 2. The second-order valence-electron chi connectivity index (χ2n) is 8.85. The fourth-order valence-electron chi connectivity index (χ4n) is 4.54. The summed E-state index contributed by atoms with van der Waals surface area (Å²) >= 11 is 0. The lowest BCUT2D eigenvalue weighted by molar-refractivity contribution is -0.241. The SMILES string of the molecule is N#CN(C(=O)c1ccccc1)C1CCC(=O)N(N2C(=O)CCC(N(C(=O)c3ccccc3)C(F)(F)F)C2=O)C1=O. The third kappa shape index (κ3) is 5.13. The Kier molecular flexibility index (Phi) is 7.67. The normalized spacial score (nSPS) is 19.8. The van der Waals surface area contributed by atoms with Gasteiger partial charge in [-0.3, -0.25) is 28.8 Å². The standard InChI is InChI=1S/C26H20F3N5O6/c27-26(28,29)32(23(38)17-9-5-2-6-10-17)19-12-14-21(36)34(25(19)40)33-20(35)13-11-18(24(33)39)31(15-30)22(37)16-7-3-1-4-8-16/h1-10,18-19H,11-14H2. The van der Waals surface area contributed by atoms with Crippen LogP contribution in [0.2, 0.25) is 0 Å². The van der Waals surface area contributed by atoms with E-state index in [4.69, 9.17) is 0 Å². The van der Waals surface area contributed by atoms with Crippen LogP contribution in [0.3, 0.4) is 0 Å². The van der Waals surface area contributed by atoms with Gasteiger partial charge in [0.25, 0.3) is 23.6 Å². The lowest BCUT2D eigenvalue weighted by Crippen LogP contribution is -2.68. The number of benzene rings is 2. The lowest BCUT2D eigenvalue weighted by Gasteiger charge is -2.43. The topological polar surface area (TPSA) is 139 Å². The van der Waals surface area contributed by atoms with E-state index in [-0.39, 0.29) is 27.6 Å².